The van der Waals surface area contributed by atoms with E-state index in [4.69, 9.17) is 4.52 Å². The van der Waals surface area contributed by atoms with Crippen LogP contribution in [0.5, 0.6) is 0 Å². The van der Waals surface area contributed by atoms with Gasteiger partial charge in [0.25, 0.3) is 5.91 Å². The number of carbonyl (C=O) groups excluding carboxylic acids is 1. The third-order valence-electron chi connectivity index (χ3n) is 5.40. The highest BCUT2D eigenvalue weighted by Gasteiger charge is 2.30. The van der Waals surface area contributed by atoms with Gasteiger partial charge in [-0.25, -0.2) is 0 Å². The first-order valence-electron chi connectivity index (χ1n) is 9.38. The number of fused-ring (bicyclic) bond motifs is 2. The van der Waals surface area contributed by atoms with Crippen LogP contribution < -0.4 is 10.2 Å². The first-order chi connectivity index (χ1) is 13.2. The van der Waals surface area contributed by atoms with Gasteiger partial charge in [0.05, 0.1) is 0 Å². The Kier molecular flexibility index (Phi) is 3.80. The highest BCUT2D eigenvalue weighted by Crippen LogP contribution is 2.25. The van der Waals surface area contributed by atoms with Crippen molar-refractivity contribution in [1.29, 1.82) is 0 Å². The first kappa shape index (κ1) is 16.2. The summed E-state index contributed by atoms with van der Waals surface area (Å²) in [6.45, 7) is 4.23. The van der Waals surface area contributed by atoms with Crippen molar-refractivity contribution in [2.24, 2.45) is 5.92 Å². The topological polar surface area (TPSA) is 101 Å². The maximum Gasteiger partial charge on any atom is 0.273 e. The van der Waals surface area contributed by atoms with Gasteiger partial charge in [0.15, 0.2) is 17.2 Å². The van der Waals surface area contributed by atoms with E-state index in [1.807, 2.05) is 19.1 Å². The van der Waals surface area contributed by atoms with Crippen molar-refractivity contribution in [1.82, 2.24) is 30.3 Å². The molecule has 0 saturated carbocycles. The summed E-state index contributed by atoms with van der Waals surface area (Å²) < 4.78 is 7.08. The van der Waals surface area contributed by atoms with E-state index in [-0.39, 0.29) is 5.91 Å². The molecule has 2 aliphatic rings. The van der Waals surface area contributed by atoms with Gasteiger partial charge in [-0.3, -0.25) is 4.79 Å². The summed E-state index contributed by atoms with van der Waals surface area (Å²) in [4.78, 5) is 14.6. The lowest BCUT2D eigenvalue weighted by molar-refractivity contribution is 0.0934. The molecule has 9 heteroatoms. The smallest absolute Gasteiger partial charge is 0.273 e. The molecule has 1 aliphatic heterocycles. The zero-order valence-corrected chi connectivity index (χ0v) is 15.2. The number of hydrogen-bond donors (Lipinski definition) is 1. The molecule has 0 spiro atoms. The fourth-order valence-electron chi connectivity index (χ4n) is 3.83. The maximum atomic E-state index is 12.5. The molecule has 140 valence electrons. The maximum absolute atomic E-state index is 12.5. The molecule has 5 rings (SSSR count). The Bertz CT molecular complexity index is 1000. The molecule has 3 aromatic heterocycles. The summed E-state index contributed by atoms with van der Waals surface area (Å²) in [5, 5.41) is 19.7. The average molecular weight is 367 g/mol. The van der Waals surface area contributed by atoms with Crippen LogP contribution in [0, 0.1) is 12.8 Å². The zero-order chi connectivity index (χ0) is 18.4. The molecule has 1 aliphatic carbocycles. The zero-order valence-electron chi connectivity index (χ0n) is 15.2. The van der Waals surface area contributed by atoms with Gasteiger partial charge >= 0.3 is 0 Å². The van der Waals surface area contributed by atoms with E-state index in [0.29, 0.717) is 18.2 Å². The number of aromatic nitrogens is 5. The minimum absolute atomic E-state index is 0.125. The van der Waals surface area contributed by atoms with Crippen molar-refractivity contribution in [3.63, 3.8) is 0 Å². The van der Waals surface area contributed by atoms with E-state index in [2.05, 4.69) is 30.7 Å². The Hall–Kier alpha value is -2.97. The molecule has 27 heavy (non-hydrogen) atoms. The van der Waals surface area contributed by atoms with Gasteiger partial charge in [-0.15, -0.1) is 15.3 Å². The number of amides is 1. The molecule has 1 saturated heterocycles. The van der Waals surface area contributed by atoms with E-state index in [1.54, 1.807) is 4.52 Å². The Labute approximate surface area is 155 Å². The van der Waals surface area contributed by atoms with E-state index in [9.17, 15) is 4.79 Å². The molecule has 9 nitrogen and oxygen atoms in total. The lowest BCUT2D eigenvalue weighted by Gasteiger charge is -2.40. The van der Waals surface area contributed by atoms with Gasteiger partial charge in [-0.2, -0.15) is 4.52 Å². The standard InChI is InChI=1S/C18H21N7O2/c1-11-20-21-15-6-7-16(22-25(11)15)24-9-12(10-24)8-19-18(26)17-13-4-2-3-5-14(13)27-23-17/h6-7,12H,2-5,8-10H2,1H3,(H,19,26). The molecule has 3 aromatic rings. The van der Waals surface area contributed by atoms with Crippen LogP contribution in [-0.4, -0.2) is 50.5 Å². The van der Waals surface area contributed by atoms with Gasteiger partial charge in [0.2, 0.25) is 0 Å². The normalized spacial score (nSPS) is 17.0. The van der Waals surface area contributed by atoms with Crippen LogP contribution in [0.2, 0.25) is 0 Å². The highest BCUT2D eigenvalue weighted by molar-refractivity contribution is 5.93. The predicted octanol–water partition coefficient (Wildman–Crippen LogP) is 1.17. The van der Waals surface area contributed by atoms with Crippen molar-refractivity contribution in [2.75, 3.05) is 24.5 Å². The van der Waals surface area contributed by atoms with E-state index in [1.165, 1.54) is 0 Å². The molecule has 0 bridgehead atoms. The number of nitrogens with zero attached hydrogens (tertiary/aromatic N) is 6. The molecule has 0 atom stereocenters. The number of aryl methyl sites for hydroxylation is 2. The van der Waals surface area contributed by atoms with E-state index < -0.39 is 0 Å². The van der Waals surface area contributed by atoms with Gasteiger partial charge in [0, 0.05) is 37.5 Å². The largest absolute Gasteiger partial charge is 0.360 e. The molecular weight excluding hydrogens is 346 g/mol. The van der Waals surface area contributed by atoms with Crippen molar-refractivity contribution >= 4 is 17.4 Å². The summed E-state index contributed by atoms with van der Waals surface area (Å²) in [7, 11) is 0. The van der Waals surface area contributed by atoms with Gasteiger partial charge in [-0.05, 0) is 38.3 Å². The fraction of sp³-hybridized carbons (Fsp3) is 0.500. The summed E-state index contributed by atoms with van der Waals surface area (Å²) >= 11 is 0. The lowest BCUT2D eigenvalue weighted by atomic mass is 9.96. The summed E-state index contributed by atoms with van der Waals surface area (Å²) in [6.07, 6.45) is 3.97. The second kappa shape index (κ2) is 6.33. The lowest BCUT2D eigenvalue weighted by Crippen LogP contribution is -2.52. The van der Waals surface area contributed by atoms with Crippen LogP contribution in [-0.2, 0) is 12.8 Å². The van der Waals surface area contributed by atoms with Crippen LogP contribution in [0.15, 0.2) is 16.7 Å². The van der Waals surface area contributed by atoms with Crippen LogP contribution >= 0.6 is 0 Å². The predicted molar refractivity (Wildman–Crippen MR) is 96.7 cm³/mol. The monoisotopic (exact) mass is 367 g/mol. The first-order valence-corrected chi connectivity index (χ1v) is 9.38. The molecule has 4 heterocycles. The van der Waals surface area contributed by atoms with Crippen LogP contribution in [0.3, 0.4) is 0 Å². The minimum atomic E-state index is -0.125. The Morgan fingerprint density at radius 1 is 1.26 bits per heavy atom. The Morgan fingerprint density at radius 2 is 2.11 bits per heavy atom. The Morgan fingerprint density at radius 3 is 3.00 bits per heavy atom. The number of anilines is 1. The van der Waals surface area contributed by atoms with E-state index >= 15 is 0 Å². The van der Waals surface area contributed by atoms with Crippen molar-refractivity contribution < 1.29 is 9.32 Å². The third kappa shape index (κ3) is 2.83. The van der Waals surface area contributed by atoms with Crippen LogP contribution in [0.4, 0.5) is 5.82 Å². The molecule has 1 N–H and O–H groups in total. The average Bonchev–Trinajstić information content (AvgIpc) is 3.24. The third-order valence-corrected chi connectivity index (χ3v) is 5.40. The fourth-order valence-corrected chi connectivity index (χ4v) is 3.83. The Balaban J connectivity index is 1.17. The molecule has 1 amide bonds. The van der Waals surface area contributed by atoms with Gasteiger partial charge in [-0.1, -0.05) is 5.16 Å². The summed E-state index contributed by atoms with van der Waals surface area (Å²) in [5.74, 6) is 2.83. The summed E-state index contributed by atoms with van der Waals surface area (Å²) in [5.41, 5.74) is 2.21. The van der Waals surface area contributed by atoms with Crippen LogP contribution in [0.1, 0.15) is 40.5 Å². The number of nitrogens with one attached hydrogen (secondary N) is 1. The number of rotatable bonds is 4. The molecule has 0 radical (unpaired) electrons. The highest BCUT2D eigenvalue weighted by atomic mass is 16.5. The quantitative estimate of drug-likeness (QED) is 0.738. The van der Waals surface area contributed by atoms with Gasteiger partial charge in [0.1, 0.15) is 11.6 Å². The van der Waals surface area contributed by atoms with Gasteiger partial charge < -0.3 is 14.7 Å². The second-order valence-corrected chi connectivity index (χ2v) is 7.33. The van der Waals surface area contributed by atoms with Crippen molar-refractivity contribution in [3.05, 3.63) is 35.0 Å². The molecule has 1 fully saturated rings. The molecular formula is C18H21N7O2. The second-order valence-electron chi connectivity index (χ2n) is 7.33. The summed E-state index contributed by atoms with van der Waals surface area (Å²) in [6, 6.07) is 3.88. The van der Waals surface area contributed by atoms with Crippen LogP contribution in [0.25, 0.3) is 5.65 Å². The van der Waals surface area contributed by atoms with E-state index in [0.717, 1.165) is 67.4 Å². The minimum Gasteiger partial charge on any atom is -0.360 e. The number of hydrogen-bond acceptors (Lipinski definition) is 7. The van der Waals surface area contributed by atoms with Crippen molar-refractivity contribution in [2.45, 2.75) is 32.6 Å². The SMILES string of the molecule is Cc1nnc2ccc(N3CC(CNC(=O)c4noc5c4CCCC5)C3)nn12. The molecule has 0 unspecified atom stereocenters. The number of carbonyl (C=O) groups is 1. The van der Waals surface area contributed by atoms with Crippen molar-refractivity contribution in [3.8, 4) is 0 Å². The molecule has 0 aromatic carbocycles.